The molecule has 1 aliphatic heterocycles. The quantitative estimate of drug-likeness (QED) is 0.579. The fourth-order valence-corrected chi connectivity index (χ4v) is 2.23. The summed E-state index contributed by atoms with van der Waals surface area (Å²) < 4.78 is 31.1. The molecule has 1 aromatic rings. The van der Waals surface area contributed by atoms with Crippen molar-refractivity contribution in [3.8, 4) is 0 Å². The molecular weight excluding hydrogens is 352 g/mol. The Bertz CT molecular complexity index is 770. The van der Waals surface area contributed by atoms with Crippen LogP contribution in [-0.2, 0) is 19.1 Å². The first kappa shape index (κ1) is 19.3. The number of rotatable bonds is 6. The van der Waals surface area contributed by atoms with Crippen molar-refractivity contribution in [3.05, 3.63) is 29.8 Å². The molecule has 0 unspecified atom stereocenters. The van der Waals surface area contributed by atoms with Gasteiger partial charge in [-0.2, -0.15) is 0 Å². The third-order valence-electron chi connectivity index (χ3n) is 3.91. The topological polar surface area (TPSA) is 105 Å². The van der Waals surface area contributed by atoms with Crippen LogP contribution in [0.4, 0.5) is 19.3 Å². The Kier molecular flexibility index (Phi) is 5.53. The normalized spacial score (nSPS) is 19.3. The summed E-state index contributed by atoms with van der Waals surface area (Å²) in [6.07, 6.45) is 0.338. The predicted molar refractivity (Wildman–Crippen MR) is 84.9 cm³/mol. The van der Waals surface area contributed by atoms with Crippen LogP contribution in [0, 0.1) is 11.6 Å². The molecule has 1 aromatic carbocycles. The SMILES string of the molecule is CC[C@]1(C)NC(=O)N(CC(=O)OCC(=O)Nc2cc(F)ccc2F)C1=O. The van der Waals surface area contributed by atoms with E-state index in [1.165, 1.54) is 6.92 Å². The zero-order valence-electron chi connectivity index (χ0n) is 14.1. The average molecular weight is 369 g/mol. The number of halogens is 2. The number of anilines is 1. The zero-order chi connectivity index (χ0) is 19.5. The Morgan fingerprint density at radius 1 is 1.31 bits per heavy atom. The second-order valence-electron chi connectivity index (χ2n) is 5.84. The lowest BCUT2D eigenvalue weighted by molar-refractivity contribution is -0.150. The second kappa shape index (κ2) is 7.46. The highest BCUT2D eigenvalue weighted by Crippen LogP contribution is 2.20. The van der Waals surface area contributed by atoms with E-state index in [4.69, 9.17) is 0 Å². The molecule has 1 heterocycles. The molecule has 1 fully saturated rings. The van der Waals surface area contributed by atoms with E-state index in [1.54, 1.807) is 6.92 Å². The average Bonchev–Trinajstić information content (AvgIpc) is 2.80. The molecule has 8 nitrogen and oxygen atoms in total. The molecule has 0 aliphatic carbocycles. The first-order valence-electron chi connectivity index (χ1n) is 7.71. The van der Waals surface area contributed by atoms with Crippen molar-refractivity contribution >= 4 is 29.5 Å². The highest BCUT2D eigenvalue weighted by Gasteiger charge is 2.47. The van der Waals surface area contributed by atoms with Gasteiger partial charge in [0.2, 0.25) is 0 Å². The number of amides is 4. The van der Waals surface area contributed by atoms with E-state index in [1.807, 2.05) is 5.32 Å². The van der Waals surface area contributed by atoms with Gasteiger partial charge in [0, 0.05) is 6.07 Å². The van der Waals surface area contributed by atoms with Gasteiger partial charge in [-0.15, -0.1) is 0 Å². The molecule has 0 saturated carbocycles. The summed E-state index contributed by atoms with van der Waals surface area (Å²) in [5, 5.41) is 4.52. The maximum Gasteiger partial charge on any atom is 0.326 e. The van der Waals surface area contributed by atoms with Crippen LogP contribution in [0.1, 0.15) is 20.3 Å². The Morgan fingerprint density at radius 3 is 2.62 bits per heavy atom. The Hall–Kier alpha value is -3.04. The number of carbonyl (C=O) groups is 4. The van der Waals surface area contributed by atoms with Crippen LogP contribution in [0.5, 0.6) is 0 Å². The van der Waals surface area contributed by atoms with Crippen LogP contribution >= 0.6 is 0 Å². The van der Waals surface area contributed by atoms with Crippen molar-refractivity contribution in [1.29, 1.82) is 0 Å². The van der Waals surface area contributed by atoms with Crippen molar-refractivity contribution in [3.63, 3.8) is 0 Å². The molecule has 0 spiro atoms. The van der Waals surface area contributed by atoms with E-state index in [0.717, 1.165) is 18.2 Å². The van der Waals surface area contributed by atoms with Crippen molar-refractivity contribution in [1.82, 2.24) is 10.2 Å². The molecule has 1 aliphatic rings. The molecule has 4 amide bonds. The molecule has 1 atom stereocenters. The fourth-order valence-electron chi connectivity index (χ4n) is 2.23. The van der Waals surface area contributed by atoms with Crippen molar-refractivity contribution in [2.24, 2.45) is 0 Å². The lowest BCUT2D eigenvalue weighted by atomic mass is 9.99. The minimum atomic E-state index is -1.09. The third-order valence-corrected chi connectivity index (χ3v) is 3.91. The molecule has 0 aromatic heterocycles. The molecule has 26 heavy (non-hydrogen) atoms. The van der Waals surface area contributed by atoms with E-state index in [0.29, 0.717) is 11.3 Å². The van der Waals surface area contributed by atoms with Gasteiger partial charge in [0.15, 0.2) is 6.61 Å². The van der Waals surface area contributed by atoms with E-state index in [-0.39, 0.29) is 0 Å². The highest BCUT2D eigenvalue weighted by atomic mass is 19.1. The molecule has 2 rings (SSSR count). The van der Waals surface area contributed by atoms with Crippen molar-refractivity contribution in [2.45, 2.75) is 25.8 Å². The number of nitrogens with one attached hydrogen (secondary N) is 2. The minimum absolute atomic E-state index is 0.338. The Labute approximate surface area is 147 Å². The summed E-state index contributed by atoms with van der Waals surface area (Å²) in [5.41, 5.74) is -1.50. The van der Waals surface area contributed by atoms with Crippen LogP contribution in [0.2, 0.25) is 0 Å². The second-order valence-corrected chi connectivity index (χ2v) is 5.84. The monoisotopic (exact) mass is 369 g/mol. The summed E-state index contributed by atoms with van der Waals surface area (Å²) in [4.78, 5) is 48.0. The molecule has 2 N–H and O–H groups in total. The molecule has 1 saturated heterocycles. The van der Waals surface area contributed by atoms with Gasteiger partial charge in [-0.3, -0.25) is 19.3 Å². The molecule has 0 radical (unpaired) electrons. The number of hydrogen-bond acceptors (Lipinski definition) is 5. The van der Waals surface area contributed by atoms with Gasteiger partial charge in [0.05, 0.1) is 5.69 Å². The van der Waals surface area contributed by atoms with Crippen LogP contribution in [0.25, 0.3) is 0 Å². The predicted octanol–water partition coefficient (Wildman–Crippen LogP) is 1.17. The smallest absolute Gasteiger partial charge is 0.326 e. The number of esters is 1. The molecule has 140 valence electrons. The summed E-state index contributed by atoms with van der Waals surface area (Å²) >= 11 is 0. The lowest BCUT2D eigenvalue weighted by Crippen LogP contribution is -2.43. The lowest BCUT2D eigenvalue weighted by Gasteiger charge is -2.18. The van der Waals surface area contributed by atoms with Crippen LogP contribution in [-0.4, -0.2) is 47.4 Å². The first-order valence-corrected chi connectivity index (χ1v) is 7.71. The van der Waals surface area contributed by atoms with E-state index < -0.39 is 59.8 Å². The number of hydrogen-bond donors (Lipinski definition) is 2. The van der Waals surface area contributed by atoms with E-state index in [9.17, 15) is 28.0 Å². The van der Waals surface area contributed by atoms with E-state index >= 15 is 0 Å². The van der Waals surface area contributed by atoms with Gasteiger partial charge in [0.1, 0.15) is 23.7 Å². The van der Waals surface area contributed by atoms with Crippen LogP contribution < -0.4 is 10.6 Å². The summed E-state index contributed by atoms with van der Waals surface area (Å²) in [5.74, 6) is -4.09. The minimum Gasteiger partial charge on any atom is -0.454 e. The van der Waals surface area contributed by atoms with Crippen LogP contribution in [0.15, 0.2) is 18.2 Å². The standard InChI is InChI=1S/C16H17F2N3O5/c1-3-16(2)14(24)21(15(25)20-16)7-13(23)26-8-12(22)19-11-6-9(17)4-5-10(11)18/h4-6H,3,7-8H2,1-2H3,(H,19,22)(H,20,25)/t16-/m0/s1. The molecule has 0 bridgehead atoms. The number of urea groups is 1. The first-order chi connectivity index (χ1) is 12.2. The molecular formula is C16H17F2N3O5. The van der Waals surface area contributed by atoms with Crippen molar-refractivity contribution in [2.75, 3.05) is 18.5 Å². The zero-order valence-corrected chi connectivity index (χ0v) is 14.1. The maximum atomic E-state index is 13.4. The van der Waals surface area contributed by atoms with Crippen molar-refractivity contribution < 1.29 is 32.7 Å². The van der Waals surface area contributed by atoms with Gasteiger partial charge < -0.3 is 15.4 Å². The van der Waals surface area contributed by atoms with Gasteiger partial charge in [0.25, 0.3) is 11.8 Å². The van der Waals surface area contributed by atoms with Gasteiger partial charge >= 0.3 is 12.0 Å². The van der Waals surface area contributed by atoms with Gasteiger partial charge in [-0.1, -0.05) is 6.92 Å². The summed E-state index contributed by atoms with van der Waals surface area (Å²) in [7, 11) is 0. The number of imide groups is 1. The van der Waals surface area contributed by atoms with Gasteiger partial charge in [-0.05, 0) is 25.5 Å². The Balaban J connectivity index is 1.87. The summed E-state index contributed by atoms with van der Waals surface area (Å²) in [6, 6.07) is 1.75. The maximum absolute atomic E-state index is 13.4. The number of nitrogens with zero attached hydrogens (tertiary/aromatic N) is 1. The number of carbonyl (C=O) groups excluding carboxylic acids is 4. The van der Waals surface area contributed by atoms with Crippen LogP contribution in [0.3, 0.4) is 0 Å². The Morgan fingerprint density at radius 2 is 2.00 bits per heavy atom. The largest absolute Gasteiger partial charge is 0.454 e. The highest BCUT2D eigenvalue weighted by molar-refractivity contribution is 6.08. The molecule has 10 heteroatoms. The summed E-state index contributed by atoms with van der Waals surface area (Å²) in [6.45, 7) is 1.78. The van der Waals surface area contributed by atoms with Gasteiger partial charge in [-0.25, -0.2) is 13.6 Å². The number of ether oxygens (including phenoxy) is 1. The number of benzene rings is 1. The van der Waals surface area contributed by atoms with E-state index in [2.05, 4.69) is 10.1 Å². The third kappa shape index (κ3) is 4.13. The fraction of sp³-hybridized carbons (Fsp3) is 0.375.